The van der Waals surface area contributed by atoms with E-state index in [2.05, 4.69) is 20.4 Å². The summed E-state index contributed by atoms with van der Waals surface area (Å²) in [4.78, 5) is 22.6. The van der Waals surface area contributed by atoms with Crippen LogP contribution in [0.1, 0.15) is 35.0 Å². The maximum atomic E-state index is 13.1. The van der Waals surface area contributed by atoms with Crippen LogP contribution in [0.25, 0.3) is 11.5 Å². The number of aromatic amines is 1. The Bertz CT molecular complexity index is 997. The molecule has 1 saturated heterocycles. The van der Waals surface area contributed by atoms with E-state index in [1.807, 2.05) is 29.2 Å². The summed E-state index contributed by atoms with van der Waals surface area (Å²) in [5, 5.41) is 8.06. The Hall–Kier alpha value is -2.80. The molecule has 4 heterocycles. The van der Waals surface area contributed by atoms with Gasteiger partial charge in [0.2, 0.25) is 11.7 Å². The molecular formula is C19H18ClN5O2. The zero-order valence-corrected chi connectivity index (χ0v) is 15.2. The van der Waals surface area contributed by atoms with E-state index < -0.39 is 0 Å². The largest absolute Gasteiger partial charge is 0.382 e. The summed E-state index contributed by atoms with van der Waals surface area (Å²) in [5.41, 5.74) is 2.33. The Morgan fingerprint density at radius 2 is 2.15 bits per heavy atom. The topological polar surface area (TPSA) is 87.0 Å². The number of anilines is 1. The van der Waals surface area contributed by atoms with E-state index in [1.54, 1.807) is 12.3 Å². The van der Waals surface area contributed by atoms with Gasteiger partial charge in [0.25, 0.3) is 5.91 Å². The Balaban J connectivity index is 1.40. The minimum absolute atomic E-state index is 0.0298. The van der Waals surface area contributed by atoms with E-state index in [4.69, 9.17) is 16.1 Å². The van der Waals surface area contributed by atoms with Gasteiger partial charge in [0, 0.05) is 31.0 Å². The van der Waals surface area contributed by atoms with Crippen LogP contribution < -0.4 is 5.32 Å². The van der Waals surface area contributed by atoms with Crippen molar-refractivity contribution in [2.45, 2.75) is 24.8 Å². The lowest BCUT2D eigenvalue weighted by atomic mass is 9.92. The van der Waals surface area contributed by atoms with Gasteiger partial charge in [-0.05, 0) is 31.0 Å². The second kappa shape index (κ2) is 6.42. The standard InChI is InChI=1S/C19H18ClN5O2/c20-12-7-16(21-8-12)17-23-18(27-24-17)11-5-6-13-9-22-15-4-2-1-3-14(15)19(26)25(13)10-11/h1-4,7-8,11,13,21-22H,5-6,9-10H2. The third-order valence-electron chi connectivity index (χ3n) is 5.33. The zero-order valence-electron chi connectivity index (χ0n) is 14.5. The summed E-state index contributed by atoms with van der Waals surface area (Å²) < 4.78 is 5.51. The average molecular weight is 384 g/mol. The van der Waals surface area contributed by atoms with Crippen LogP contribution in [0.5, 0.6) is 0 Å². The molecule has 1 amide bonds. The van der Waals surface area contributed by atoms with Gasteiger partial charge in [-0.1, -0.05) is 28.9 Å². The number of benzene rings is 1. The van der Waals surface area contributed by atoms with Gasteiger partial charge >= 0.3 is 0 Å². The quantitative estimate of drug-likeness (QED) is 0.706. The molecule has 1 fully saturated rings. The van der Waals surface area contributed by atoms with Gasteiger partial charge in [-0.25, -0.2) is 0 Å². The Kier molecular flexibility index (Phi) is 3.89. The number of rotatable bonds is 2. The average Bonchev–Trinajstić information content (AvgIpc) is 3.32. The van der Waals surface area contributed by atoms with Crippen molar-refractivity contribution in [2.75, 3.05) is 18.4 Å². The first-order chi connectivity index (χ1) is 13.2. The first-order valence-electron chi connectivity index (χ1n) is 9.01. The molecule has 0 aliphatic carbocycles. The molecule has 0 spiro atoms. The second-order valence-corrected chi connectivity index (χ2v) is 7.44. The van der Waals surface area contributed by atoms with Crippen molar-refractivity contribution < 1.29 is 9.32 Å². The van der Waals surface area contributed by atoms with Crippen LogP contribution in [0.15, 0.2) is 41.1 Å². The fraction of sp³-hybridized carbons (Fsp3) is 0.316. The Labute approximate surface area is 160 Å². The van der Waals surface area contributed by atoms with Crippen molar-refractivity contribution in [2.24, 2.45) is 0 Å². The highest BCUT2D eigenvalue weighted by Crippen LogP contribution is 2.34. The van der Waals surface area contributed by atoms with Gasteiger partial charge in [0.05, 0.1) is 22.2 Å². The van der Waals surface area contributed by atoms with Crippen molar-refractivity contribution in [1.82, 2.24) is 20.0 Å². The number of aromatic nitrogens is 3. The molecule has 5 rings (SSSR count). The van der Waals surface area contributed by atoms with Crippen LogP contribution in [-0.4, -0.2) is 45.1 Å². The van der Waals surface area contributed by atoms with Crippen LogP contribution in [-0.2, 0) is 0 Å². The molecule has 1 aromatic carbocycles. The fourth-order valence-electron chi connectivity index (χ4n) is 3.90. The van der Waals surface area contributed by atoms with E-state index in [0.29, 0.717) is 34.5 Å². The van der Waals surface area contributed by atoms with Crippen LogP contribution in [0.3, 0.4) is 0 Å². The lowest BCUT2D eigenvalue weighted by molar-refractivity contribution is 0.0594. The predicted molar refractivity (Wildman–Crippen MR) is 101 cm³/mol. The molecule has 2 aromatic heterocycles. The molecule has 2 aliphatic heterocycles. The Morgan fingerprint density at radius 3 is 3.00 bits per heavy atom. The predicted octanol–water partition coefficient (Wildman–Crippen LogP) is 3.53. The molecular weight excluding hydrogens is 366 g/mol. The van der Waals surface area contributed by atoms with Crippen molar-refractivity contribution in [1.29, 1.82) is 0 Å². The number of hydrogen-bond donors (Lipinski definition) is 2. The van der Waals surface area contributed by atoms with Crippen LogP contribution in [0, 0.1) is 0 Å². The summed E-state index contributed by atoms with van der Waals surface area (Å²) in [6.07, 6.45) is 3.47. The van der Waals surface area contributed by atoms with Gasteiger partial charge in [0.15, 0.2) is 0 Å². The smallest absolute Gasteiger partial charge is 0.256 e. The van der Waals surface area contributed by atoms with Gasteiger partial charge < -0.3 is 19.7 Å². The Morgan fingerprint density at radius 1 is 1.26 bits per heavy atom. The first-order valence-corrected chi connectivity index (χ1v) is 9.38. The van der Waals surface area contributed by atoms with E-state index in [9.17, 15) is 4.79 Å². The third-order valence-corrected chi connectivity index (χ3v) is 5.55. The third kappa shape index (κ3) is 2.88. The van der Waals surface area contributed by atoms with Crippen molar-refractivity contribution in [3.05, 3.63) is 53.0 Å². The molecule has 2 aliphatic rings. The first kappa shape index (κ1) is 16.4. The molecule has 2 atom stereocenters. The highest BCUT2D eigenvalue weighted by Gasteiger charge is 2.37. The van der Waals surface area contributed by atoms with Gasteiger partial charge in [0.1, 0.15) is 0 Å². The number of amides is 1. The molecule has 0 radical (unpaired) electrons. The molecule has 7 nitrogen and oxygen atoms in total. The van der Waals surface area contributed by atoms with Crippen molar-refractivity contribution in [3.63, 3.8) is 0 Å². The summed E-state index contributed by atoms with van der Waals surface area (Å²) in [5.74, 6) is 1.13. The minimum Gasteiger partial charge on any atom is -0.382 e. The van der Waals surface area contributed by atoms with E-state index in [1.165, 1.54) is 0 Å². The van der Waals surface area contributed by atoms with E-state index >= 15 is 0 Å². The number of para-hydroxylation sites is 1. The monoisotopic (exact) mass is 383 g/mol. The van der Waals surface area contributed by atoms with Crippen LogP contribution in [0.2, 0.25) is 5.02 Å². The lowest BCUT2D eigenvalue weighted by Gasteiger charge is -2.37. The van der Waals surface area contributed by atoms with E-state index in [-0.39, 0.29) is 17.9 Å². The summed E-state index contributed by atoms with van der Waals surface area (Å²) in [6.45, 7) is 1.33. The molecule has 0 saturated carbocycles. The van der Waals surface area contributed by atoms with Gasteiger partial charge in [-0.2, -0.15) is 4.98 Å². The number of fused-ring (bicyclic) bond motifs is 2. The second-order valence-electron chi connectivity index (χ2n) is 7.00. The highest BCUT2D eigenvalue weighted by atomic mass is 35.5. The number of carbonyl (C=O) groups excluding carboxylic acids is 1. The number of nitrogens with one attached hydrogen (secondary N) is 2. The molecule has 3 aromatic rings. The van der Waals surface area contributed by atoms with Gasteiger partial charge in [-0.15, -0.1) is 0 Å². The number of piperidine rings is 1. The van der Waals surface area contributed by atoms with Gasteiger partial charge in [-0.3, -0.25) is 4.79 Å². The van der Waals surface area contributed by atoms with E-state index in [0.717, 1.165) is 25.1 Å². The summed E-state index contributed by atoms with van der Waals surface area (Å²) in [6, 6.07) is 9.59. The fourth-order valence-corrected chi connectivity index (χ4v) is 4.07. The minimum atomic E-state index is 0.0298. The lowest BCUT2D eigenvalue weighted by Crippen LogP contribution is -2.47. The maximum Gasteiger partial charge on any atom is 0.256 e. The SMILES string of the molecule is O=C1c2ccccc2NCC2CCC(c3nc(-c4cc(Cl)c[nH]4)no3)CN12. The van der Waals surface area contributed by atoms with Crippen LogP contribution >= 0.6 is 11.6 Å². The number of H-pyrrole nitrogens is 1. The number of hydrogen-bond acceptors (Lipinski definition) is 5. The molecule has 138 valence electrons. The molecule has 0 bridgehead atoms. The van der Waals surface area contributed by atoms with Crippen LogP contribution in [0.4, 0.5) is 5.69 Å². The van der Waals surface area contributed by atoms with Crippen molar-refractivity contribution in [3.8, 4) is 11.5 Å². The number of carbonyl (C=O) groups is 1. The summed E-state index contributed by atoms with van der Waals surface area (Å²) in [7, 11) is 0. The molecule has 2 unspecified atom stereocenters. The molecule has 2 N–H and O–H groups in total. The normalized spacial score (nSPS) is 22.0. The molecule has 27 heavy (non-hydrogen) atoms. The number of halogens is 1. The zero-order chi connectivity index (χ0) is 18.4. The van der Waals surface area contributed by atoms with Crippen molar-refractivity contribution >= 4 is 23.2 Å². The highest BCUT2D eigenvalue weighted by molar-refractivity contribution is 6.30. The summed E-state index contributed by atoms with van der Waals surface area (Å²) >= 11 is 5.95. The maximum absolute atomic E-state index is 13.1. The number of nitrogens with zero attached hydrogens (tertiary/aromatic N) is 3. The molecule has 8 heteroatoms.